The average Bonchev–Trinajstić information content (AvgIpc) is 2.41. The molecule has 0 saturated carbocycles. The van der Waals surface area contributed by atoms with Gasteiger partial charge in [-0.2, -0.15) is 0 Å². The van der Waals surface area contributed by atoms with Gasteiger partial charge in [-0.25, -0.2) is 4.98 Å². The SMILES string of the molecule is O=C(NCCc1ccc(Cl)cc1Cl)c1cnc[nH]c1=O. The fourth-order valence-corrected chi connectivity index (χ4v) is 2.14. The van der Waals surface area contributed by atoms with E-state index in [9.17, 15) is 9.59 Å². The summed E-state index contributed by atoms with van der Waals surface area (Å²) in [4.78, 5) is 29.2. The molecular weight excluding hydrogens is 301 g/mol. The molecule has 104 valence electrons. The molecule has 1 heterocycles. The van der Waals surface area contributed by atoms with Gasteiger partial charge in [0, 0.05) is 22.8 Å². The zero-order valence-corrected chi connectivity index (χ0v) is 11.8. The van der Waals surface area contributed by atoms with E-state index in [0.29, 0.717) is 23.0 Å². The number of hydrogen-bond acceptors (Lipinski definition) is 3. The van der Waals surface area contributed by atoms with E-state index in [2.05, 4.69) is 15.3 Å². The molecule has 1 amide bonds. The molecule has 0 aliphatic heterocycles. The number of nitrogens with one attached hydrogen (secondary N) is 2. The van der Waals surface area contributed by atoms with E-state index in [-0.39, 0.29) is 5.56 Å². The highest BCUT2D eigenvalue weighted by atomic mass is 35.5. The number of amides is 1. The Bertz CT molecular complexity index is 685. The van der Waals surface area contributed by atoms with Crippen LogP contribution in [0.15, 0.2) is 35.5 Å². The summed E-state index contributed by atoms with van der Waals surface area (Å²) in [6.07, 6.45) is 3.00. The van der Waals surface area contributed by atoms with Crippen LogP contribution in [-0.4, -0.2) is 22.4 Å². The third-order valence-electron chi connectivity index (χ3n) is 2.66. The average molecular weight is 312 g/mol. The van der Waals surface area contributed by atoms with Gasteiger partial charge in [0.2, 0.25) is 0 Å². The van der Waals surface area contributed by atoms with Gasteiger partial charge in [0.1, 0.15) is 5.56 Å². The lowest BCUT2D eigenvalue weighted by molar-refractivity contribution is 0.0952. The van der Waals surface area contributed by atoms with Crippen molar-refractivity contribution in [3.8, 4) is 0 Å². The zero-order chi connectivity index (χ0) is 14.5. The summed E-state index contributed by atoms with van der Waals surface area (Å²) in [5.41, 5.74) is 0.383. The minimum Gasteiger partial charge on any atom is -0.351 e. The van der Waals surface area contributed by atoms with Crippen molar-refractivity contribution in [2.45, 2.75) is 6.42 Å². The molecule has 0 atom stereocenters. The number of carbonyl (C=O) groups excluding carboxylic acids is 1. The fourth-order valence-electron chi connectivity index (χ4n) is 1.64. The van der Waals surface area contributed by atoms with E-state index in [4.69, 9.17) is 23.2 Å². The summed E-state index contributed by atoms with van der Waals surface area (Å²) >= 11 is 11.8. The third-order valence-corrected chi connectivity index (χ3v) is 3.25. The highest BCUT2D eigenvalue weighted by Crippen LogP contribution is 2.20. The van der Waals surface area contributed by atoms with E-state index < -0.39 is 11.5 Å². The van der Waals surface area contributed by atoms with Crippen LogP contribution in [0.5, 0.6) is 0 Å². The van der Waals surface area contributed by atoms with Crippen LogP contribution >= 0.6 is 23.2 Å². The minimum absolute atomic E-state index is 0.0188. The fraction of sp³-hybridized carbons (Fsp3) is 0.154. The molecule has 2 aromatic rings. The van der Waals surface area contributed by atoms with E-state index in [0.717, 1.165) is 5.56 Å². The Morgan fingerprint density at radius 3 is 2.85 bits per heavy atom. The van der Waals surface area contributed by atoms with Crippen LogP contribution in [0.4, 0.5) is 0 Å². The second-order valence-electron chi connectivity index (χ2n) is 4.04. The predicted octanol–water partition coefficient (Wildman–Crippen LogP) is 2.05. The molecule has 0 unspecified atom stereocenters. The monoisotopic (exact) mass is 311 g/mol. The lowest BCUT2D eigenvalue weighted by atomic mass is 10.1. The van der Waals surface area contributed by atoms with Gasteiger partial charge in [-0.1, -0.05) is 29.3 Å². The molecule has 0 bridgehead atoms. The molecule has 2 rings (SSSR count). The van der Waals surface area contributed by atoms with Crippen LogP contribution in [0.3, 0.4) is 0 Å². The molecule has 1 aromatic heterocycles. The Balaban J connectivity index is 1.95. The van der Waals surface area contributed by atoms with E-state index >= 15 is 0 Å². The van der Waals surface area contributed by atoms with E-state index in [1.54, 1.807) is 18.2 Å². The smallest absolute Gasteiger partial charge is 0.263 e. The molecule has 0 saturated heterocycles. The van der Waals surface area contributed by atoms with Crippen LogP contribution in [0.2, 0.25) is 10.0 Å². The maximum atomic E-state index is 11.8. The first-order chi connectivity index (χ1) is 9.58. The van der Waals surface area contributed by atoms with E-state index in [1.165, 1.54) is 12.5 Å². The Labute approximate surface area is 125 Å². The second kappa shape index (κ2) is 6.54. The molecule has 2 N–H and O–H groups in total. The number of hydrogen-bond donors (Lipinski definition) is 2. The number of halogens is 2. The first-order valence-electron chi connectivity index (χ1n) is 5.83. The van der Waals surface area contributed by atoms with Crippen LogP contribution in [0, 0.1) is 0 Å². The van der Waals surface area contributed by atoms with Crippen molar-refractivity contribution in [1.82, 2.24) is 15.3 Å². The molecule has 0 aliphatic carbocycles. The molecule has 0 aliphatic rings. The van der Waals surface area contributed by atoms with Crippen molar-refractivity contribution in [3.05, 3.63) is 62.2 Å². The number of nitrogens with zero attached hydrogens (tertiary/aromatic N) is 1. The molecule has 1 aromatic carbocycles. The van der Waals surface area contributed by atoms with Crippen molar-refractivity contribution in [1.29, 1.82) is 0 Å². The van der Waals surface area contributed by atoms with Crippen molar-refractivity contribution in [2.24, 2.45) is 0 Å². The molecule has 20 heavy (non-hydrogen) atoms. The highest BCUT2D eigenvalue weighted by Gasteiger charge is 2.10. The Morgan fingerprint density at radius 1 is 1.35 bits per heavy atom. The van der Waals surface area contributed by atoms with Crippen LogP contribution < -0.4 is 10.9 Å². The number of carbonyl (C=O) groups is 1. The number of aromatic amines is 1. The van der Waals surface area contributed by atoms with Crippen LogP contribution in [0.25, 0.3) is 0 Å². The van der Waals surface area contributed by atoms with Crippen molar-refractivity contribution < 1.29 is 4.79 Å². The number of H-pyrrole nitrogens is 1. The Morgan fingerprint density at radius 2 is 2.15 bits per heavy atom. The van der Waals surface area contributed by atoms with Gasteiger partial charge in [0.05, 0.1) is 6.33 Å². The van der Waals surface area contributed by atoms with Crippen molar-refractivity contribution >= 4 is 29.1 Å². The van der Waals surface area contributed by atoms with Crippen LogP contribution in [-0.2, 0) is 6.42 Å². The molecular formula is C13H11Cl2N3O2. The molecule has 7 heteroatoms. The van der Waals surface area contributed by atoms with Gasteiger partial charge < -0.3 is 10.3 Å². The lowest BCUT2D eigenvalue weighted by Crippen LogP contribution is -2.31. The summed E-state index contributed by atoms with van der Waals surface area (Å²) < 4.78 is 0. The summed E-state index contributed by atoms with van der Waals surface area (Å²) in [7, 11) is 0. The second-order valence-corrected chi connectivity index (χ2v) is 4.88. The Kier molecular flexibility index (Phi) is 4.76. The third kappa shape index (κ3) is 3.59. The van der Waals surface area contributed by atoms with Gasteiger partial charge >= 0.3 is 0 Å². The van der Waals surface area contributed by atoms with Gasteiger partial charge in [-0.3, -0.25) is 9.59 Å². The molecule has 0 fully saturated rings. The van der Waals surface area contributed by atoms with Gasteiger partial charge in [-0.05, 0) is 24.1 Å². The van der Waals surface area contributed by atoms with E-state index in [1.807, 2.05) is 0 Å². The van der Waals surface area contributed by atoms with Crippen molar-refractivity contribution in [2.75, 3.05) is 6.54 Å². The molecule has 0 spiro atoms. The topological polar surface area (TPSA) is 74.8 Å². The largest absolute Gasteiger partial charge is 0.351 e. The number of rotatable bonds is 4. The highest BCUT2D eigenvalue weighted by molar-refractivity contribution is 6.35. The summed E-state index contributed by atoms with van der Waals surface area (Å²) in [6, 6.07) is 5.18. The van der Waals surface area contributed by atoms with Gasteiger partial charge in [0.25, 0.3) is 11.5 Å². The van der Waals surface area contributed by atoms with Crippen molar-refractivity contribution in [3.63, 3.8) is 0 Å². The van der Waals surface area contributed by atoms with Gasteiger partial charge in [0.15, 0.2) is 0 Å². The number of benzene rings is 1. The molecule has 5 nitrogen and oxygen atoms in total. The normalized spacial score (nSPS) is 10.3. The molecule has 0 radical (unpaired) electrons. The van der Waals surface area contributed by atoms with Crippen LogP contribution in [0.1, 0.15) is 15.9 Å². The summed E-state index contributed by atoms with van der Waals surface area (Å²) in [6.45, 7) is 0.356. The predicted molar refractivity (Wildman–Crippen MR) is 77.4 cm³/mol. The maximum absolute atomic E-state index is 11.8. The lowest BCUT2D eigenvalue weighted by Gasteiger charge is -2.06. The first kappa shape index (κ1) is 14.6. The van der Waals surface area contributed by atoms with Gasteiger partial charge in [-0.15, -0.1) is 0 Å². The maximum Gasteiger partial charge on any atom is 0.263 e. The summed E-state index contributed by atoms with van der Waals surface area (Å²) in [5.74, 6) is -0.468. The first-order valence-corrected chi connectivity index (χ1v) is 6.58. The standard InChI is InChI=1S/C13H11Cl2N3O2/c14-9-2-1-8(11(15)5-9)3-4-17-12(19)10-6-16-7-18-13(10)20/h1-2,5-7H,3-4H2,(H,17,19)(H,16,18,20). The Hall–Kier alpha value is -1.85. The summed E-state index contributed by atoms with van der Waals surface area (Å²) in [5, 5.41) is 3.75. The number of aromatic nitrogens is 2. The minimum atomic E-state index is -0.470. The zero-order valence-electron chi connectivity index (χ0n) is 10.3. The quantitative estimate of drug-likeness (QED) is 0.907.